The summed E-state index contributed by atoms with van der Waals surface area (Å²) in [5.74, 6) is 0.103. The van der Waals surface area contributed by atoms with Gasteiger partial charge in [-0.1, -0.05) is 0 Å². The van der Waals surface area contributed by atoms with E-state index in [0.29, 0.717) is 11.6 Å². The summed E-state index contributed by atoms with van der Waals surface area (Å²) >= 11 is 0. The van der Waals surface area contributed by atoms with Crippen molar-refractivity contribution in [3.05, 3.63) is 18.0 Å². The van der Waals surface area contributed by atoms with E-state index >= 15 is 0 Å². The van der Waals surface area contributed by atoms with Crippen molar-refractivity contribution in [1.29, 1.82) is 0 Å². The molecule has 0 radical (unpaired) electrons. The molecule has 0 aliphatic carbocycles. The van der Waals surface area contributed by atoms with E-state index in [-0.39, 0.29) is 18.3 Å². The Labute approximate surface area is 108 Å². The average molecular weight is 259 g/mol. The highest BCUT2D eigenvalue weighted by atomic mass is 35.5. The lowest BCUT2D eigenvalue weighted by Gasteiger charge is -2.23. The van der Waals surface area contributed by atoms with Gasteiger partial charge in [-0.25, -0.2) is 0 Å². The van der Waals surface area contributed by atoms with E-state index in [1.807, 2.05) is 19.0 Å². The topological polar surface area (TPSA) is 50.2 Å². The molecule has 96 valence electrons. The third kappa shape index (κ3) is 2.98. The lowest BCUT2D eigenvalue weighted by Crippen LogP contribution is -2.40. The Bertz CT molecular complexity index is 379. The summed E-state index contributed by atoms with van der Waals surface area (Å²) in [7, 11) is 3.75. The normalized spacial score (nSPS) is 19.2. The average Bonchev–Trinajstić information content (AvgIpc) is 2.87. The molecule has 0 spiro atoms. The van der Waals surface area contributed by atoms with Crippen molar-refractivity contribution in [3.8, 4) is 0 Å². The summed E-state index contributed by atoms with van der Waals surface area (Å²) in [5, 5.41) is 7.17. The van der Waals surface area contributed by atoms with E-state index in [1.165, 1.54) is 0 Å². The van der Waals surface area contributed by atoms with E-state index in [9.17, 15) is 4.79 Å². The molecule has 5 nitrogen and oxygen atoms in total. The number of likely N-dealkylation sites (tertiary alicyclic amines) is 1. The first kappa shape index (κ1) is 14.0. The van der Waals surface area contributed by atoms with Crippen LogP contribution in [0.3, 0.4) is 0 Å². The molecule has 1 aliphatic rings. The van der Waals surface area contributed by atoms with Gasteiger partial charge in [0, 0.05) is 32.4 Å². The Balaban J connectivity index is 0.00000144. The molecule has 1 aromatic rings. The van der Waals surface area contributed by atoms with Gasteiger partial charge in [-0.2, -0.15) is 5.10 Å². The summed E-state index contributed by atoms with van der Waals surface area (Å²) in [5.41, 5.74) is 0.686. The summed E-state index contributed by atoms with van der Waals surface area (Å²) in [6, 6.07) is 0.331. The van der Waals surface area contributed by atoms with Crippen molar-refractivity contribution in [2.75, 3.05) is 20.1 Å². The van der Waals surface area contributed by atoms with Crippen LogP contribution in [0.5, 0.6) is 0 Å². The number of amides is 1. The molecule has 0 aromatic carbocycles. The van der Waals surface area contributed by atoms with Crippen molar-refractivity contribution in [2.45, 2.75) is 18.9 Å². The number of carbonyl (C=O) groups excluding carboxylic acids is 1. The Morgan fingerprint density at radius 2 is 2.41 bits per heavy atom. The number of hydrogen-bond acceptors (Lipinski definition) is 3. The van der Waals surface area contributed by atoms with E-state index in [2.05, 4.69) is 10.4 Å². The van der Waals surface area contributed by atoms with Gasteiger partial charge in [-0.05, 0) is 19.9 Å². The molecule has 6 heteroatoms. The first-order chi connectivity index (χ1) is 7.72. The van der Waals surface area contributed by atoms with Gasteiger partial charge < -0.3 is 10.2 Å². The second-order valence-electron chi connectivity index (χ2n) is 4.25. The fraction of sp³-hybridized carbons (Fsp3) is 0.636. The second-order valence-corrected chi connectivity index (χ2v) is 4.25. The summed E-state index contributed by atoms with van der Waals surface area (Å²) in [6.07, 6.45) is 5.60. The lowest BCUT2D eigenvalue weighted by atomic mass is 10.2. The first-order valence-corrected chi connectivity index (χ1v) is 5.66. The number of hydrogen-bond donors (Lipinski definition) is 1. The molecule has 1 saturated heterocycles. The second kappa shape index (κ2) is 6.02. The zero-order chi connectivity index (χ0) is 11.5. The van der Waals surface area contributed by atoms with Crippen molar-refractivity contribution < 1.29 is 4.79 Å². The van der Waals surface area contributed by atoms with Gasteiger partial charge in [-0.3, -0.25) is 9.48 Å². The van der Waals surface area contributed by atoms with Crippen LogP contribution in [0.15, 0.2) is 12.4 Å². The highest BCUT2D eigenvalue weighted by Gasteiger charge is 2.29. The summed E-state index contributed by atoms with van der Waals surface area (Å²) in [6.45, 7) is 1.73. The fourth-order valence-corrected chi connectivity index (χ4v) is 2.25. The molecule has 2 rings (SSSR count). The molecule has 2 heterocycles. The predicted molar refractivity (Wildman–Crippen MR) is 68.4 cm³/mol. The number of carbonyl (C=O) groups is 1. The standard InChI is InChI=1S/C11H18N4O.ClH/c1-12-7-10-4-3-5-15(10)11(16)9-6-13-14(2)8-9;/h6,8,10,12H,3-5,7H2,1-2H3;1H. The zero-order valence-electron chi connectivity index (χ0n) is 10.2. The number of halogens is 1. The van der Waals surface area contributed by atoms with Crippen LogP contribution in [-0.4, -0.2) is 46.8 Å². The van der Waals surface area contributed by atoms with Gasteiger partial charge in [0.2, 0.25) is 0 Å². The van der Waals surface area contributed by atoms with Gasteiger partial charge in [-0.15, -0.1) is 12.4 Å². The van der Waals surface area contributed by atoms with Crippen LogP contribution in [-0.2, 0) is 7.05 Å². The SMILES string of the molecule is CNCC1CCCN1C(=O)c1cnn(C)c1.Cl. The third-order valence-corrected chi connectivity index (χ3v) is 3.03. The Kier molecular flexibility index (Phi) is 4.96. The number of rotatable bonds is 3. The Morgan fingerprint density at radius 3 is 3.00 bits per heavy atom. The molecule has 1 amide bonds. The molecule has 1 aliphatic heterocycles. The van der Waals surface area contributed by atoms with Gasteiger partial charge >= 0.3 is 0 Å². The fourth-order valence-electron chi connectivity index (χ4n) is 2.25. The van der Waals surface area contributed by atoms with E-state index < -0.39 is 0 Å². The minimum atomic E-state index is 0. The number of aryl methyl sites for hydroxylation is 1. The van der Waals surface area contributed by atoms with Crippen molar-refractivity contribution in [1.82, 2.24) is 20.0 Å². The van der Waals surface area contributed by atoms with Gasteiger partial charge in [0.15, 0.2) is 0 Å². The van der Waals surface area contributed by atoms with Crippen LogP contribution < -0.4 is 5.32 Å². The predicted octanol–water partition coefficient (Wildman–Crippen LogP) is 0.666. The largest absolute Gasteiger partial charge is 0.334 e. The monoisotopic (exact) mass is 258 g/mol. The van der Waals surface area contributed by atoms with Crippen LogP contribution >= 0.6 is 12.4 Å². The van der Waals surface area contributed by atoms with E-state index in [1.54, 1.807) is 17.1 Å². The molecule has 1 fully saturated rings. The maximum Gasteiger partial charge on any atom is 0.257 e. The van der Waals surface area contributed by atoms with Gasteiger partial charge in [0.1, 0.15) is 0 Å². The van der Waals surface area contributed by atoms with Crippen LogP contribution in [0, 0.1) is 0 Å². The lowest BCUT2D eigenvalue weighted by molar-refractivity contribution is 0.0737. The van der Waals surface area contributed by atoms with Crippen molar-refractivity contribution >= 4 is 18.3 Å². The number of nitrogens with zero attached hydrogens (tertiary/aromatic N) is 3. The van der Waals surface area contributed by atoms with Crippen LogP contribution in [0.25, 0.3) is 0 Å². The minimum absolute atomic E-state index is 0. The zero-order valence-corrected chi connectivity index (χ0v) is 11.0. The molecular formula is C11H19ClN4O. The van der Waals surface area contributed by atoms with Gasteiger partial charge in [0.25, 0.3) is 5.91 Å². The van der Waals surface area contributed by atoms with Crippen LogP contribution in [0.1, 0.15) is 23.2 Å². The molecular weight excluding hydrogens is 240 g/mol. The first-order valence-electron chi connectivity index (χ1n) is 5.66. The smallest absolute Gasteiger partial charge is 0.257 e. The minimum Gasteiger partial charge on any atom is -0.334 e. The molecule has 0 bridgehead atoms. The molecule has 0 saturated carbocycles. The maximum absolute atomic E-state index is 12.2. The molecule has 1 aromatic heterocycles. The molecule has 1 atom stereocenters. The van der Waals surface area contributed by atoms with Crippen molar-refractivity contribution in [2.24, 2.45) is 7.05 Å². The Hall–Kier alpha value is -1.07. The van der Waals surface area contributed by atoms with E-state index in [0.717, 1.165) is 25.9 Å². The van der Waals surface area contributed by atoms with E-state index in [4.69, 9.17) is 0 Å². The number of likely N-dealkylation sites (N-methyl/N-ethyl adjacent to an activating group) is 1. The highest BCUT2D eigenvalue weighted by Crippen LogP contribution is 2.19. The van der Waals surface area contributed by atoms with Gasteiger partial charge in [0.05, 0.1) is 11.8 Å². The summed E-state index contributed by atoms with van der Waals surface area (Å²) < 4.78 is 1.66. The Morgan fingerprint density at radius 1 is 1.65 bits per heavy atom. The number of aromatic nitrogens is 2. The number of nitrogens with one attached hydrogen (secondary N) is 1. The summed E-state index contributed by atoms with van der Waals surface area (Å²) in [4.78, 5) is 14.1. The molecule has 1 unspecified atom stereocenters. The quantitative estimate of drug-likeness (QED) is 0.867. The van der Waals surface area contributed by atoms with Crippen LogP contribution in [0.2, 0.25) is 0 Å². The van der Waals surface area contributed by atoms with Crippen molar-refractivity contribution in [3.63, 3.8) is 0 Å². The highest BCUT2D eigenvalue weighted by molar-refractivity contribution is 5.94. The molecule has 17 heavy (non-hydrogen) atoms. The third-order valence-electron chi connectivity index (χ3n) is 3.03. The maximum atomic E-state index is 12.2. The van der Waals surface area contributed by atoms with Crippen LogP contribution in [0.4, 0.5) is 0 Å². The molecule has 1 N–H and O–H groups in total.